The molecule has 1 aliphatic rings. The first-order valence-electron chi connectivity index (χ1n) is 6.98. The highest BCUT2D eigenvalue weighted by molar-refractivity contribution is 5.96. The number of nitrogens with two attached hydrogens (primary N) is 1. The Morgan fingerprint density at radius 3 is 2.81 bits per heavy atom. The van der Waals surface area contributed by atoms with Crippen LogP contribution in [0.15, 0.2) is 36.4 Å². The maximum absolute atomic E-state index is 13.4. The minimum atomic E-state index is -0.280. The van der Waals surface area contributed by atoms with E-state index in [0.29, 0.717) is 25.1 Å². The smallest absolute Gasteiger partial charge is 0.227 e. The number of carbonyl (C=O) groups is 1. The first kappa shape index (κ1) is 13.6. The molecule has 4 heteroatoms. The lowest BCUT2D eigenvalue weighted by Crippen LogP contribution is -2.34. The minimum absolute atomic E-state index is 0.0657. The number of amides is 1. The van der Waals surface area contributed by atoms with Crippen LogP contribution >= 0.6 is 0 Å². The fraction of sp³-hybridized carbons (Fsp3) is 0.235. The SMILES string of the molecule is Cc1ccc(F)cc1CN1C(=O)CCc2cc(N)ccc21. The number of carbonyl (C=O) groups excluding carboxylic acids is 1. The van der Waals surface area contributed by atoms with Crippen LogP contribution in [0.5, 0.6) is 0 Å². The van der Waals surface area contributed by atoms with Crippen LogP contribution in [0, 0.1) is 12.7 Å². The third kappa shape index (κ3) is 2.61. The molecule has 2 aromatic rings. The summed E-state index contributed by atoms with van der Waals surface area (Å²) in [6, 6.07) is 10.2. The van der Waals surface area contributed by atoms with Crippen molar-refractivity contribution >= 4 is 17.3 Å². The largest absolute Gasteiger partial charge is 0.399 e. The zero-order chi connectivity index (χ0) is 15.0. The Labute approximate surface area is 123 Å². The molecule has 0 atom stereocenters. The Morgan fingerprint density at radius 2 is 2.00 bits per heavy atom. The Bertz CT molecular complexity index is 712. The van der Waals surface area contributed by atoms with Gasteiger partial charge in [0.15, 0.2) is 0 Å². The first-order valence-corrected chi connectivity index (χ1v) is 6.98. The Hall–Kier alpha value is -2.36. The zero-order valence-electron chi connectivity index (χ0n) is 11.9. The molecule has 1 heterocycles. The van der Waals surface area contributed by atoms with Crippen LogP contribution in [0.3, 0.4) is 0 Å². The zero-order valence-corrected chi connectivity index (χ0v) is 11.9. The van der Waals surface area contributed by atoms with Crippen LogP contribution in [-0.2, 0) is 17.8 Å². The van der Waals surface area contributed by atoms with E-state index in [2.05, 4.69) is 0 Å². The summed E-state index contributed by atoms with van der Waals surface area (Å²) in [6.07, 6.45) is 1.17. The fourth-order valence-electron chi connectivity index (χ4n) is 2.73. The van der Waals surface area contributed by atoms with Crippen LogP contribution in [0.25, 0.3) is 0 Å². The van der Waals surface area contributed by atoms with Crippen molar-refractivity contribution in [3.63, 3.8) is 0 Å². The number of hydrogen-bond acceptors (Lipinski definition) is 2. The topological polar surface area (TPSA) is 46.3 Å². The molecule has 3 nitrogen and oxygen atoms in total. The number of nitrogen functional groups attached to an aromatic ring is 1. The number of benzene rings is 2. The van der Waals surface area contributed by atoms with Gasteiger partial charge in [0.2, 0.25) is 5.91 Å². The molecule has 0 bridgehead atoms. The lowest BCUT2D eigenvalue weighted by atomic mass is 9.99. The van der Waals surface area contributed by atoms with E-state index in [1.165, 1.54) is 12.1 Å². The van der Waals surface area contributed by atoms with Crippen LogP contribution in [0.2, 0.25) is 0 Å². The maximum atomic E-state index is 13.4. The van der Waals surface area contributed by atoms with Gasteiger partial charge in [0.05, 0.1) is 6.54 Å². The Morgan fingerprint density at radius 1 is 1.19 bits per heavy atom. The number of aryl methyl sites for hydroxylation is 2. The third-order valence-electron chi connectivity index (χ3n) is 3.94. The summed E-state index contributed by atoms with van der Waals surface area (Å²) >= 11 is 0. The number of halogens is 1. The summed E-state index contributed by atoms with van der Waals surface area (Å²) in [6.45, 7) is 2.31. The summed E-state index contributed by atoms with van der Waals surface area (Å²) in [5.74, 6) is -0.214. The van der Waals surface area contributed by atoms with E-state index in [0.717, 1.165) is 22.4 Å². The lowest BCUT2D eigenvalue weighted by molar-refractivity contribution is -0.119. The van der Waals surface area contributed by atoms with Gasteiger partial charge in [-0.15, -0.1) is 0 Å². The summed E-state index contributed by atoms with van der Waals surface area (Å²) in [5.41, 5.74) is 10.3. The molecule has 0 saturated heterocycles. The lowest BCUT2D eigenvalue weighted by Gasteiger charge is -2.30. The standard InChI is InChI=1S/C17H17FN2O/c1-11-2-4-14(18)8-13(11)10-20-16-6-5-15(19)9-12(16)3-7-17(20)21/h2,4-6,8-9H,3,7,10,19H2,1H3. The van der Waals surface area contributed by atoms with E-state index >= 15 is 0 Å². The van der Waals surface area contributed by atoms with Gasteiger partial charge in [-0.25, -0.2) is 4.39 Å². The predicted octanol–water partition coefficient (Wildman–Crippen LogP) is 3.20. The summed E-state index contributed by atoms with van der Waals surface area (Å²) in [4.78, 5) is 14.0. The monoisotopic (exact) mass is 284 g/mol. The fourth-order valence-corrected chi connectivity index (χ4v) is 2.73. The first-order chi connectivity index (χ1) is 10.0. The molecule has 21 heavy (non-hydrogen) atoms. The van der Waals surface area contributed by atoms with Crippen molar-refractivity contribution in [2.24, 2.45) is 0 Å². The van der Waals surface area contributed by atoms with Crippen molar-refractivity contribution in [3.05, 3.63) is 58.9 Å². The van der Waals surface area contributed by atoms with Gasteiger partial charge < -0.3 is 10.6 Å². The highest BCUT2D eigenvalue weighted by Gasteiger charge is 2.24. The maximum Gasteiger partial charge on any atom is 0.227 e. The van der Waals surface area contributed by atoms with Gasteiger partial charge in [-0.1, -0.05) is 6.07 Å². The van der Waals surface area contributed by atoms with Crippen LogP contribution in [0.1, 0.15) is 23.1 Å². The highest BCUT2D eigenvalue weighted by atomic mass is 19.1. The molecule has 0 aliphatic carbocycles. The Kier molecular flexibility index (Phi) is 3.37. The van der Waals surface area contributed by atoms with Gasteiger partial charge in [-0.3, -0.25) is 4.79 Å². The second kappa shape index (κ2) is 5.20. The van der Waals surface area contributed by atoms with Crippen molar-refractivity contribution in [1.29, 1.82) is 0 Å². The van der Waals surface area contributed by atoms with Crippen LogP contribution in [0.4, 0.5) is 15.8 Å². The average molecular weight is 284 g/mol. The number of fused-ring (bicyclic) bond motifs is 1. The molecular formula is C17H17FN2O. The third-order valence-corrected chi connectivity index (χ3v) is 3.94. The van der Waals surface area contributed by atoms with E-state index < -0.39 is 0 Å². The molecule has 108 valence electrons. The quantitative estimate of drug-likeness (QED) is 0.861. The molecule has 1 aliphatic heterocycles. The summed E-state index contributed by atoms with van der Waals surface area (Å²) in [5, 5.41) is 0. The average Bonchev–Trinajstić information content (AvgIpc) is 2.45. The van der Waals surface area contributed by atoms with Gasteiger partial charge in [0.1, 0.15) is 5.82 Å². The molecule has 0 spiro atoms. The molecule has 2 N–H and O–H groups in total. The van der Waals surface area contributed by atoms with E-state index in [4.69, 9.17) is 5.73 Å². The van der Waals surface area contributed by atoms with E-state index in [1.807, 2.05) is 19.1 Å². The molecule has 0 aromatic heterocycles. The van der Waals surface area contributed by atoms with Gasteiger partial charge >= 0.3 is 0 Å². The van der Waals surface area contributed by atoms with Gasteiger partial charge in [0, 0.05) is 17.8 Å². The second-order valence-electron chi connectivity index (χ2n) is 5.44. The van der Waals surface area contributed by atoms with Crippen molar-refractivity contribution in [2.45, 2.75) is 26.3 Å². The number of nitrogens with zero attached hydrogens (tertiary/aromatic N) is 1. The molecule has 0 saturated carbocycles. The Balaban J connectivity index is 1.98. The van der Waals surface area contributed by atoms with E-state index in [-0.39, 0.29) is 11.7 Å². The molecule has 2 aromatic carbocycles. The van der Waals surface area contributed by atoms with Crippen LogP contribution < -0.4 is 10.6 Å². The number of hydrogen-bond donors (Lipinski definition) is 1. The molecular weight excluding hydrogens is 267 g/mol. The van der Waals surface area contributed by atoms with Crippen molar-refractivity contribution in [3.8, 4) is 0 Å². The van der Waals surface area contributed by atoms with Crippen molar-refractivity contribution in [1.82, 2.24) is 0 Å². The van der Waals surface area contributed by atoms with E-state index in [9.17, 15) is 9.18 Å². The second-order valence-corrected chi connectivity index (χ2v) is 5.44. The van der Waals surface area contributed by atoms with Gasteiger partial charge in [0.25, 0.3) is 0 Å². The van der Waals surface area contributed by atoms with Crippen molar-refractivity contribution < 1.29 is 9.18 Å². The van der Waals surface area contributed by atoms with Gasteiger partial charge in [-0.2, -0.15) is 0 Å². The molecule has 1 amide bonds. The number of rotatable bonds is 2. The molecule has 0 fully saturated rings. The summed E-state index contributed by atoms with van der Waals surface area (Å²) in [7, 11) is 0. The minimum Gasteiger partial charge on any atom is -0.399 e. The normalized spacial score (nSPS) is 14.2. The molecule has 0 radical (unpaired) electrons. The predicted molar refractivity (Wildman–Crippen MR) is 81.5 cm³/mol. The van der Waals surface area contributed by atoms with E-state index in [1.54, 1.807) is 17.0 Å². The molecule has 0 unspecified atom stereocenters. The number of anilines is 2. The van der Waals surface area contributed by atoms with Crippen molar-refractivity contribution in [2.75, 3.05) is 10.6 Å². The van der Waals surface area contributed by atoms with Gasteiger partial charge in [-0.05, 0) is 60.4 Å². The molecule has 3 rings (SSSR count). The summed E-state index contributed by atoms with van der Waals surface area (Å²) < 4.78 is 13.4. The highest BCUT2D eigenvalue weighted by Crippen LogP contribution is 2.31. The van der Waals surface area contributed by atoms with Crippen LogP contribution in [-0.4, -0.2) is 5.91 Å².